The zero-order valence-corrected chi connectivity index (χ0v) is 19.9. The van der Waals surface area contributed by atoms with Crippen molar-refractivity contribution in [2.24, 2.45) is 0 Å². The molecule has 3 aromatic heterocycles. The zero-order valence-electron chi connectivity index (χ0n) is 18.3. The van der Waals surface area contributed by atoms with E-state index in [4.69, 9.17) is 9.47 Å². The fourth-order valence-electron chi connectivity index (χ4n) is 4.00. The highest BCUT2D eigenvalue weighted by molar-refractivity contribution is 7.99. The van der Waals surface area contributed by atoms with E-state index in [1.165, 1.54) is 42.4 Å². The average Bonchev–Trinajstić information content (AvgIpc) is 3.40. The van der Waals surface area contributed by atoms with Gasteiger partial charge in [0.1, 0.15) is 6.10 Å². The summed E-state index contributed by atoms with van der Waals surface area (Å²) < 4.78 is 13.9. The molecule has 0 atom stereocenters. The third-order valence-electron chi connectivity index (χ3n) is 5.81. The Balaban J connectivity index is 1.17. The number of amides is 2. The molecule has 12 heteroatoms. The van der Waals surface area contributed by atoms with Crippen LogP contribution in [-0.2, 0) is 4.74 Å². The van der Waals surface area contributed by atoms with Crippen molar-refractivity contribution in [2.75, 3.05) is 18.5 Å². The van der Waals surface area contributed by atoms with Crippen molar-refractivity contribution in [3.05, 3.63) is 30.3 Å². The van der Waals surface area contributed by atoms with E-state index in [0.717, 1.165) is 28.0 Å². The second-order valence-corrected chi connectivity index (χ2v) is 10.5. The molecule has 6 rings (SSSR count). The summed E-state index contributed by atoms with van der Waals surface area (Å²) >= 11 is 2.90. The lowest BCUT2D eigenvalue weighted by Gasteiger charge is -2.26. The number of fused-ring (bicyclic) bond motifs is 2. The molecule has 2 N–H and O–H groups in total. The van der Waals surface area contributed by atoms with Gasteiger partial charge in [0.05, 0.1) is 29.5 Å². The number of aromatic nitrogens is 5. The number of rotatable bonds is 6. The lowest BCUT2D eigenvalue weighted by Crippen LogP contribution is -2.49. The number of hydrogen-bond acceptors (Lipinski definition) is 9. The van der Waals surface area contributed by atoms with Gasteiger partial charge in [-0.3, -0.25) is 5.32 Å². The van der Waals surface area contributed by atoms with Gasteiger partial charge in [0.2, 0.25) is 11.0 Å². The summed E-state index contributed by atoms with van der Waals surface area (Å²) in [5, 5.41) is 20.1. The van der Waals surface area contributed by atoms with E-state index < -0.39 is 0 Å². The monoisotopic (exact) mass is 497 g/mol. The summed E-state index contributed by atoms with van der Waals surface area (Å²) in [6.07, 6.45) is 6.07. The summed E-state index contributed by atoms with van der Waals surface area (Å²) in [7, 11) is 0. The Morgan fingerprint density at radius 2 is 2.03 bits per heavy atom. The molecule has 176 valence electrons. The van der Waals surface area contributed by atoms with E-state index >= 15 is 0 Å². The van der Waals surface area contributed by atoms with Gasteiger partial charge in [0, 0.05) is 11.0 Å². The lowest BCUT2D eigenvalue weighted by atomic mass is 9.98. The molecule has 1 aliphatic heterocycles. The van der Waals surface area contributed by atoms with Crippen molar-refractivity contribution in [3.8, 4) is 5.88 Å². The first-order chi connectivity index (χ1) is 16.7. The highest BCUT2D eigenvalue weighted by Crippen LogP contribution is 2.33. The van der Waals surface area contributed by atoms with Crippen molar-refractivity contribution < 1.29 is 14.3 Å². The normalized spacial score (nSPS) is 17.1. The molecule has 0 spiro atoms. The summed E-state index contributed by atoms with van der Waals surface area (Å²) in [6, 6.07) is 9.49. The van der Waals surface area contributed by atoms with E-state index in [0.29, 0.717) is 35.0 Å². The largest absolute Gasteiger partial charge is 0.473 e. The molecule has 0 radical (unpaired) electrons. The zero-order chi connectivity index (χ0) is 22.9. The second-order valence-electron chi connectivity index (χ2n) is 8.39. The molecular weight excluding hydrogens is 474 g/mol. The fourth-order valence-corrected chi connectivity index (χ4v) is 5.80. The molecule has 4 aromatic rings. The quantitative estimate of drug-likeness (QED) is 0.409. The minimum Gasteiger partial charge on any atom is -0.473 e. The standard InChI is InChI=1S/C22H23N7O3S2/c30-20(23-13-11-31-12-13)25-21-24-16-7-6-15(10-17(16)34-21)33-22-27-26-18-8-9-19(28-29(18)22)32-14-4-2-1-3-5-14/h6-10,13-14H,1-5,11-12H2,(H2,23,24,25,30). The van der Waals surface area contributed by atoms with Crippen molar-refractivity contribution in [2.45, 2.75) is 54.3 Å². The van der Waals surface area contributed by atoms with Crippen LogP contribution in [0.3, 0.4) is 0 Å². The molecule has 1 aliphatic carbocycles. The molecular formula is C22H23N7O3S2. The Hall–Kier alpha value is -2.96. The fraction of sp³-hybridized carbons (Fsp3) is 0.409. The van der Waals surface area contributed by atoms with Crippen molar-refractivity contribution in [3.63, 3.8) is 0 Å². The van der Waals surface area contributed by atoms with E-state index in [2.05, 4.69) is 30.9 Å². The van der Waals surface area contributed by atoms with Gasteiger partial charge in [-0.15, -0.1) is 15.3 Å². The Kier molecular flexibility index (Phi) is 5.93. The first-order valence-electron chi connectivity index (χ1n) is 11.3. The number of ether oxygens (including phenoxy) is 2. The molecule has 0 unspecified atom stereocenters. The topological polar surface area (TPSA) is 116 Å². The maximum Gasteiger partial charge on any atom is 0.321 e. The van der Waals surface area contributed by atoms with Gasteiger partial charge in [-0.05, 0) is 61.7 Å². The molecule has 1 saturated heterocycles. The number of benzene rings is 1. The van der Waals surface area contributed by atoms with E-state index in [-0.39, 0.29) is 18.2 Å². The van der Waals surface area contributed by atoms with Crippen LogP contribution < -0.4 is 15.4 Å². The number of carbonyl (C=O) groups excluding carboxylic acids is 1. The summed E-state index contributed by atoms with van der Waals surface area (Å²) in [5.41, 5.74) is 1.50. The van der Waals surface area contributed by atoms with Crippen LogP contribution in [0.25, 0.3) is 15.9 Å². The minimum absolute atomic E-state index is 0.0672. The molecule has 0 bridgehead atoms. The van der Waals surface area contributed by atoms with Gasteiger partial charge < -0.3 is 14.8 Å². The van der Waals surface area contributed by atoms with Gasteiger partial charge >= 0.3 is 6.03 Å². The van der Waals surface area contributed by atoms with Crippen molar-refractivity contribution in [1.82, 2.24) is 30.1 Å². The molecule has 34 heavy (non-hydrogen) atoms. The summed E-state index contributed by atoms with van der Waals surface area (Å²) in [6.45, 7) is 1.10. The van der Waals surface area contributed by atoms with Crippen molar-refractivity contribution in [1.29, 1.82) is 0 Å². The number of nitrogens with one attached hydrogen (secondary N) is 2. The molecule has 2 amide bonds. The van der Waals surface area contributed by atoms with Crippen LogP contribution in [0, 0.1) is 0 Å². The van der Waals surface area contributed by atoms with Crippen LogP contribution in [0.1, 0.15) is 32.1 Å². The maximum absolute atomic E-state index is 12.1. The maximum atomic E-state index is 12.1. The predicted octanol–water partition coefficient (Wildman–Crippen LogP) is 4.12. The lowest BCUT2D eigenvalue weighted by molar-refractivity contribution is 0.000735. The van der Waals surface area contributed by atoms with Crippen LogP contribution in [-0.4, -0.2) is 56.2 Å². The van der Waals surface area contributed by atoms with Gasteiger partial charge in [-0.25, -0.2) is 9.78 Å². The van der Waals surface area contributed by atoms with E-state index in [9.17, 15) is 4.79 Å². The molecule has 10 nitrogen and oxygen atoms in total. The van der Waals surface area contributed by atoms with Crippen LogP contribution in [0.2, 0.25) is 0 Å². The average molecular weight is 498 g/mol. The highest BCUT2D eigenvalue weighted by Gasteiger charge is 2.21. The first kappa shape index (κ1) is 21.6. The smallest absolute Gasteiger partial charge is 0.321 e. The number of nitrogens with zero attached hydrogens (tertiary/aromatic N) is 5. The molecule has 2 aliphatic rings. The van der Waals surface area contributed by atoms with Gasteiger partial charge in [-0.2, -0.15) is 4.52 Å². The SMILES string of the molecule is O=C(Nc1nc2ccc(Sc3nnc4ccc(OC5CCCCC5)nn34)cc2s1)NC1COC1. The highest BCUT2D eigenvalue weighted by atomic mass is 32.2. The minimum atomic E-state index is -0.269. The third-order valence-corrected chi connectivity index (χ3v) is 7.67. The van der Waals surface area contributed by atoms with Crippen LogP contribution in [0.15, 0.2) is 40.4 Å². The Morgan fingerprint density at radius 1 is 1.15 bits per heavy atom. The third kappa shape index (κ3) is 4.65. The van der Waals surface area contributed by atoms with Gasteiger partial charge in [0.15, 0.2) is 10.8 Å². The molecule has 2 fully saturated rings. The second kappa shape index (κ2) is 9.35. The van der Waals surface area contributed by atoms with Gasteiger partial charge in [0.25, 0.3) is 0 Å². The summed E-state index contributed by atoms with van der Waals surface area (Å²) in [4.78, 5) is 17.6. The number of urea groups is 1. The van der Waals surface area contributed by atoms with E-state index in [1.807, 2.05) is 30.3 Å². The van der Waals surface area contributed by atoms with Crippen molar-refractivity contribution >= 4 is 50.1 Å². The number of thiazole rings is 1. The Bertz CT molecular complexity index is 1330. The molecule has 1 saturated carbocycles. The van der Waals surface area contributed by atoms with E-state index in [1.54, 1.807) is 4.52 Å². The first-order valence-corrected chi connectivity index (χ1v) is 13.0. The Labute approximate surface area is 203 Å². The Morgan fingerprint density at radius 3 is 2.85 bits per heavy atom. The van der Waals surface area contributed by atoms with Gasteiger partial charge in [-0.1, -0.05) is 17.8 Å². The number of carbonyl (C=O) groups is 1. The molecule has 4 heterocycles. The number of hydrogen-bond donors (Lipinski definition) is 2. The predicted molar refractivity (Wildman–Crippen MR) is 129 cm³/mol. The number of anilines is 1. The van der Waals surface area contributed by atoms with Crippen LogP contribution >= 0.6 is 23.1 Å². The summed E-state index contributed by atoms with van der Waals surface area (Å²) in [5.74, 6) is 0.599. The van der Waals surface area contributed by atoms with Crippen LogP contribution in [0.5, 0.6) is 5.88 Å². The van der Waals surface area contributed by atoms with Crippen LogP contribution in [0.4, 0.5) is 9.93 Å². The molecule has 1 aromatic carbocycles.